The summed E-state index contributed by atoms with van der Waals surface area (Å²) in [7, 11) is 0. The van der Waals surface area contributed by atoms with Crippen molar-refractivity contribution in [1.29, 1.82) is 5.41 Å². The van der Waals surface area contributed by atoms with Gasteiger partial charge in [-0.15, -0.1) is 0 Å². The van der Waals surface area contributed by atoms with Crippen molar-refractivity contribution in [2.24, 2.45) is 10.9 Å². The standard InChI is InChI=1S/C30H30F3N7O2/c1-17(15-23(34)21-7-4-3-5-8-21)35-29-39-26-24(40(29)16-19-11-13-22(14-12-19)30(31,32)33)25(37-27(38-26)28(41)42)36-18(2)20-9-6-10-20/h3-5,7-8,11-14,18,20,34H,6,9-10,15-16H2,1-2H3,(H,41,42)(H,36,37,38). The van der Waals surface area contributed by atoms with Crippen LogP contribution >= 0.6 is 0 Å². The number of aromatic carboxylic acids is 1. The fourth-order valence-electron chi connectivity index (χ4n) is 4.92. The van der Waals surface area contributed by atoms with Gasteiger partial charge in [0.1, 0.15) is 5.52 Å². The van der Waals surface area contributed by atoms with Crippen molar-refractivity contribution in [3.63, 3.8) is 0 Å². The van der Waals surface area contributed by atoms with Gasteiger partial charge in [0, 0.05) is 23.9 Å². The Balaban J connectivity index is 1.60. The minimum atomic E-state index is -4.47. The zero-order valence-electron chi connectivity index (χ0n) is 23.1. The zero-order chi connectivity index (χ0) is 30.0. The number of aliphatic imine (C=N–C) groups is 1. The molecule has 5 rings (SSSR count). The number of aromatic nitrogens is 4. The normalized spacial score (nSPS) is 14.9. The van der Waals surface area contributed by atoms with Gasteiger partial charge in [0.25, 0.3) is 0 Å². The van der Waals surface area contributed by atoms with Crippen LogP contribution in [0.2, 0.25) is 0 Å². The maximum atomic E-state index is 13.2. The van der Waals surface area contributed by atoms with Gasteiger partial charge in [-0.1, -0.05) is 48.9 Å². The number of carbonyl (C=O) groups is 1. The highest BCUT2D eigenvalue weighted by Crippen LogP contribution is 2.34. The van der Waals surface area contributed by atoms with Crippen LogP contribution in [-0.2, 0) is 12.7 Å². The van der Waals surface area contributed by atoms with Gasteiger partial charge in [-0.05, 0) is 55.9 Å². The molecule has 9 nitrogen and oxygen atoms in total. The summed E-state index contributed by atoms with van der Waals surface area (Å²) in [5, 5.41) is 21.5. The van der Waals surface area contributed by atoms with E-state index in [0.717, 1.165) is 37.0 Å². The van der Waals surface area contributed by atoms with Gasteiger partial charge < -0.3 is 15.8 Å². The van der Waals surface area contributed by atoms with E-state index in [4.69, 9.17) is 5.41 Å². The third kappa shape index (κ3) is 6.32. The van der Waals surface area contributed by atoms with E-state index >= 15 is 0 Å². The second-order valence-corrected chi connectivity index (χ2v) is 10.6. The van der Waals surface area contributed by atoms with Gasteiger partial charge in [0.05, 0.1) is 12.1 Å². The Morgan fingerprint density at radius 3 is 2.40 bits per heavy atom. The molecule has 0 spiro atoms. The molecular weight excluding hydrogens is 547 g/mol. The quantitative estimate of drug-likeness (QED) is 0.179. The molecule has 1 atom stereocenters. The molecule has 2 aromatic carbocycles. The van der Waals surface area contributed by atoms with Gasteiger partial charge in [-0.3, -0.25) is 4.57 Å². The molecule has 4 aromatic rings. The molecule has 42 heavy (non-hydrogen) atoms. The number of carboxylic acids is 1. The molecule has 1 aliphatic carbocycles. The lowest BCUT2D eigenvalue weighted by atomic mass is 9.80. The lowest BCUT2D eigenvalue weighted by molar-refractivity contribution is -0.137. The third-order valence-corrected chi connectivity index (χ3v) is 7.46. The largest absolute Gasteiger partial charge is 0.475 e. The zero-order valence-corrected chi connectivity index (χ0v) is 23.1. The number of fused-ring (bicyclic) bond motifs is 1. The van der Waals surface area contributed by atoms with Crippen molar-refractivity contribution >= 4 is 40.3 Å². The first kappa shape index (κ1) is 28.9. The second-order valence-electron chi connectivity index (χ2n) is 10.6. The summed E-state index contributed by atoms with van der Waals surface area (Å²) in [5.41, 5.74) is 1.95. The van der Waals surface area contributed by atoms with E-state index < -0.39 is 23.5 Å². The number of nitrogens with one attached hydrogen (secondary N) is 2. The molecule has 0 aliphatic heterocycles. The van der Waals surface area contributed by atoms with Crippen LogP contribution in [0.15, 0.2) is 59.6 Å². The molecule has 3 N–H and O–H groups in total. The molecule has 0 radical (unpaired) electrons. The van der Waals surface area contributed by atoms with E-state index in [1.54, 1.807) is 11.5 Å². The van der Waals surface area contributed by atoms with Crippen molar-refractivity contribution in [3.8, 4) is 0 Å². The molecule has 12 heteroatoms. The molecule has 1 aliphatic rings. The number of halogens is 3. The third-order valence-electron chi connectivity index (χ3n) is 7.46. The van der Waals surface area contributed by atoms with Crippen LogP contribution in [0.1, 0.15) is 66.8 Å². The lowest BCUT2D eigenvalue weighted by Crippen LogP contribution is -2.31. The number of rotatable bonds is 10. The van der Waals surface area contributed by atoms with Gasteiger partial charge in [-0.2, -0.15) is 18.2 Å². The Hall–Kier alpha value is -4.61. The minimum absolute atomic E-state index is 0.00653. The van der Waals surface area contributed by atoms with Crippen molar-refractivity contribution in [3.05, 3.63) is 77.1 Å². The SMILES string of the molecule is CC(CC(=N)c1ccccc1)=Nc1nc2nc(C(=O)O)nc(NC(C)C3CCC3)c2n1Cc1ccc(C(F)(F)F)cc1. The van der Waals surface area contributed by atoms with Gasteiger partial charge in [0.15, 0.2) is 11.5 Å². The highest BCUT2D eigenvalue weighted by Gasteiger charge is 2.30. The highest BCUT2D eigenvalue weighted by molar-refractivity contribution is 6.10. The van der Waals surface area contributed by atoms with Crippen molar-refractivity contribution in [2.45, 2.75) is 58.3 Å². The maximum absolute atomic E-state index is 13.2. The van der Waals surface area contributed by atoms with E-state index in [0.29, 0.717) is 28.4 Å². The van der Waals surface area contributed by atoms with E-state index in [-0.39, 0.29) is 36.4 Å². The predicted molar refractivity (Wildman–Crippen MR) is 154 cm³/mol. The summed E-state index contributed by atoms with van der Waals surface area (Å²) in [5.74, 6) is -0.890. The summed E-state index contributed by atoms with van der Waals surface area (Å²) < 4.78 is 41.3. The Labute approximate surface area is 240 Å². The number of anilines is 1. The first-order chi connectivity index (χ1) is 20.0. The number of nitrogens with zero attached hydrogens (tertiary/aromatic N) is 5. The maximum Gasteiger partial charge on any atom is 0.416 e. The number of imidazole rings is 1. The molecule has 0 bridgehead atoms. The van der Waals surface area contributed by atoms with Gasteiger partial charge in [0.2, 0.25) is 11.8 Å². The van der Waals surface area contributed by atoms with Crippen LogP contribution in [0.5, 0.6) is 0 Å². The van der Waals surface area contributed by atoms with E-state index in [1.165, 1.54) is 12.1 Å². The molecule has 0 amide bonds. The average Bonchev–Trinajstić information content (AvgIpc) is 3.24. The number of carboxylic acid groups (broad SMARTS) is 1. The number of hydrogen-bond acceptors (Lipinski definition) is 7. The van der Waals surface area contributed by atoms with Crippen molar-refractivity contribution in [2.75, 3.05) is 5.32 Å². The molecule has 1 fully saturated rings. The Morgan fingerprint density at radius 1 is 1.12 bits per heavy atom. The monoisotopic (exact) mass is 577 g/mol. The molecule has 2 heterocycles. The van der Waals surface area contributed by atoms with Gasteiger partial charge in [-0.25, -0.2) is 19.8 Å². The van der Waals surface area contributed by atoms with E-state index in [1.807, 2.05) is 37.3 Å². The van der Waals surface area contributed by atoms with Crippen LogP contribution in [-0.4, -0.2) is 48.1 Å². The summed E-state index contributed by atoms with van der Waals surface area (Å²) in [4.78, 5) is 29.6. The predicted octanol–water partition coefficient (Wildman–Crippen LogP) is 6.74. The van der Waals surface area contributed by atoms with Crippen LogP contribution in [0.3, 0.4) is 0 Å². The van der Waals surface area contributed by atoms with Crippen LogP contribution < -0.4 is 5.32 Å². The van der Waals surface area contributed by atoms with Crippen LogP contribution in [0.4, 0.5) is 24.9 Å². The average molecular weight is 578 g/mol. The smallest absolute Gasteiger partial charge is 0.416 e. The molecular formula is C30H30F3N7O2. The van der Waals surface area contributed by atoms with Gasteiger partial charge >= 0.3 is 12.1 Å². The van der Waals surface area contributed by atoms with Crippen LogP contribution in [0.25, 0.3) is 11.2 Å². The highest BCUT2D eigenvalue weighted by atomic mass is 19.4. The minimum Gasteiger partial charge on any atom is -0.475 e. The fraction of sp³-hybridized carbons (Fsp3) is 0.333. The number of alkyl halides is 3. The summed E-state index contributed by atoms with van der Waals surface area (Å²) in [6.07, 6.45) is -1.03. The Kier molecular flexibility index (Phi) is 8.06. The fourth-order valence-corrected chi connectivity index (χ4v) is 4.92. The second kappa shape index (κ2) is 11.7. The first-order valence-electron chi connectivity index (χ1n) is 13.6. The van der Waals surface area contributed by atoms with Crippen molar-refractivity contribution < 1.29 is 23.1 Å². The Bertz CT molecular complexity index is 1640. The molecule has 2 aromatic heterocycles. The molecule has 1 unspecified atom stereocenters. The topological polar surface area (TPSA) is 129 Å². The Morgan fingerprint density at radius 2 is 1.81 bits per heavy atom. The van der Waals surface area contributed by atoms with Crippen molar-refractivity contribution in [1.82, 2.24) is 19.5 Å². The first-order valence-corrected chi connectivity index (χ1v) is 13.6. The van der Waals surface area contributed by atoms with E-state index in [2.05, 4.69) is 25.3 Å². The molecule has 0 saturated heterocycles. The lowest BCUT2D eigenvalue weighted by Gasteiger charge is -2.32. The summed E-state index contributed by atoms with van der Waals surface area (Å²) in [6.45, 7) is 3.85. The molecule has 1 saturated carbocycles. The van der Waals surface area contributed by atoms with E-state index in [9.17, 15) is 23.1 Å². The summed E-state index contributed by atoms with van der Waals surface area (Å²) >= 11 is 0. The number of hydrogen-bond donors (Lipinski definition) is 3. The van der Waals surface area contributed by atoms with Crippen LogP contribution in [0, 0.1) is 11.3 Å². The molecule has 218 valence electrons. The summed E-state index contributed by atoms with van der Waals surface area (Å²) in [6, 6.07) is 14.0. The number of benzene rings is 2.